The molecule has 3 rings (SSSR count). The molecule has 0 heterocycles. The van der Waals surface area contributed by atoms with E-state index in [2.05, 4.69) is 15.5 Å². The molecule has 0 fully saturated rings. The monoisotopic (exact) mass is 379 g/mol. The van der Waals surface area contributed by atoms with Crippen molar-refractivity contribution in [2.45, 2.75) is 13.0 Å². The van der Waals surface area contributed by atoms with Crippen LogP contribution in [0.4, 0.5) is 17.1 Å². The lowest BCUT2D eigenvalue weighted by molar-refractivity contribution is -0.122. The molecule has 0 aliphatic carbocycles. The summed E-state index contributed by atoms with van der Waals surface area (Å²) in [6.07, 6.45) is -0.649. The van der Waals surface area contributed by atoms with Gasteiger partial charge < -0.3 is 10.1 Å². The molecule has 1 N–H and O–H groups in total. The quantitative estimate of drug-likeness (QED) is 0.521. The first kappa shape index (κ1) is 18.6. The number of amides is 1. The second-order valence-corrected chi connectivity index (χ2v) is 6.22. The predicted molar refractivity (Wildman–Crippen MR) is 107 cm³/mol. The van der Waals surface area contributed by atoms with Crippen molar-refractivity contribution in [1.29, 1.82) is 0 Å². The Morgan fingerprint density at radius 2 is 1.48 bits per heavy atom. The van der Waals surface area contributed by atoms with E-state index in [4.69, 9.17) is 16.3 Å². The first-order valence-electron chi connectivity index (χ1n) is 8.40. The minimum Gasteiger partial charge on any atom is -0.481 e. The number of azo groups is 1. The molecule has 0 saturated heterocycles. The van der Waals surface area contributed by atoms with Gasteiger partial charge in [0, 0.05) is 10.7 Å². The van der Waals surface area contributed by atoms with Crippen LogP contribution in [0.2, 0.25) is 5.02 Å². The molecule has 27 heavy (non-hydrogen) atoms. The third-order valence-electron chi connectivity index (χ3n) is 3.67. The van der Waals surface area contributed by atoms with Gasteiger partial charge in [0.1, 0.15) is 5.75 Å². The van der Waals surface area contributed by atoms with E-state index >= 15 is 0 Å². The molecule has 0 aromatic heterocycles. The number of nitrogens with zero attached hydrogens (tertiary/aromatic N) is 2. The lowest BCUT2D eigenvalue weighted by Gasteiger charge is -2.14. The second-order valence-electron chi connectivity index (χ2n) is 5.79. The van der Waals surface area contributed by atoms with Gasteiger partial charge in [-0.3, -0.25) is 4.79 Å². The van der Waals surface area contributed by atoms with Gasteiger partial charge in [0.05, 0.1) is 11.4 Å². The smallest absolute Gasteiger partial charge is 0.265 e. The second kappa shape index (κ2) is 8.96. The lowest BCUT2D eigenvalue weighted by atomic mass is 10.2. The fraction of sp³-hybridized carbons (Fsp3) is 0.0952. The number of carbonyl (C=O) groups excluding carboxylic acids is 1. The molecule has 1 amide bonds. The Morgan fingerprint density at radius 3 is 2.11 bits per heavy atom. The zero-order valence-corrected chi connectivity index (χ0v) is 15.4. The molecule has 5 nitrogen and oxygen atoms in total. The minimum atomic E-state index is -0.649. The van der Waals surface area contributed by atoms with Crippen LogP contribution in [0.5, 0.6) is 5.75 Å². The van der Waals surface area contributed by atoms with Gasteiger partial charge in [-0.25, -0.2) is 0 Å². The van der Waals surface area contributed by atoms with Crippen molar-refractivity contribution in [2.24, 2.45) is 10.2 Å². The molecule has 0 aliphatic heterocycles. The van der Waals surface area contributed by atoms with E-state index in [1.807, 2.05) is 30.3 Å². The molecule has 0 unspecified atom stereocenters. The fourth-order valence-electron chi connectivity index (χ4n) is 2.24. The normalized spacial score (nSPS) is 11.9. The summed E-state index contributed by atoms with van der Waals surface area (Å²) in [7, 11) is 0. The van der Waals surface area contributed by atoms with Crippen LogP contribution < -0.4 is 10.1 Å². The summed E-state index contributed by atoms with van der Waals surface area (Å²) in [6.45, 7) is 1.69. The molecule has 3 aromatic carbocycles. The maximum atomic E-state index is 12.3. The maximum Gasteiger partial charge on any atom is 0.265 e. The van der Waals surface area contributed by atoms with E-state index in [0.717, 1.165) is 5.69 Å². The Balaban J connectivity index is 1.56. The van der Waals surface area contributed by atoms with E-state index in [1.54, 1.807) is 55.5 Å². The number of ether oxygens (including phenoxy) is 1. The van der Waals surface area contributed by atoms with Gasteiger partial charge in [-0.2, -0.15) is 10.2 Å². The van der Waals surface area contributed by atoms with Gasteiger partial charge >= 0.3 is 0 Å². The molecule has 0 bridgehead atoms. The molecular formula is C21H18ClN3O2. The molecule has 0 saturated carbocycles. The number of hydrogen-bond acceptors (Lipinski definition) is 4. The zero-order chi connectivity index (χ0) is 19.1. The van der Waals surface area contributed by atoms with Crippen LogP contribution in [0, 0.1) is 0 Å². The first-order valence-corrected chi connectivity index (χ1v) is 8.78. The highest BCUT2D eigenvalue weighted by Gasteiger charge is 2.14. The molecule has 0 spiro atoms. The van der Waals surface area contributed by atoms with Crippen LogP contribution in [-0.4, -0.2) is 12.0 Å². The van der Waals surface area contributed by atoms with Gasteiger partial charge in [-0.1, -0.05) is 29.8 Å². The molecule has 6 heteroatoms. The maximum absolute atomic E-state index is 12.3. The summed E-state index contributed by atoms with van der Waals surface area (Å²) in [5, 5.41) is 11.8. The van der Waals surface area contributed by atoms with E-state index in [1.165, 1.54) is 0 Å². The third-order valence-corrected chi connectivity index (χ3v) is 3.92. The van der Waals surface area contributed by atoms with Gasteiger partial charge in [-0.15, -0.1) is 0 Å². The van der Waals surface area contributed by atoms with Gasteiger partial charge in [-0.05, 0) is 67.6 Å². The standard InChI is InChI=1S/C21H18ClN3O2/c1-15(27-20-13-7-16(22)8-14-20)21(26)23-17-9-11-19(12-10-17)25-24-18-5-3-2-4-6-18/h2-15H,1H3,(H,23,26)/t15-/m0/s1. The van der Waals surface area contributed by atoms with Crippen molar-refractivity contribution in [3.8, 4) is 5.75 Å². The Bertz CT molecular complexity index is 910. The van der Waals surface area contributed by atoms with Gasteiger partial charge in [0.2, 0.25) is 0 Å². The molecule has 136 valence electrons. The largest absolute Gasteiger partial charge is 0.481 e. The van der Waals surface area contributed by atoms with Crippen molar-refractivity contribution in [3.63, 3.8) is 0 Å². The van der Waals surface area contributed by atoms with Crippen LogP contribution in [-0.2, 0) is 4.79 Å². The van der Waals surface area contributed by atoms with Crippen LogP contribution in [0.1, 0.15) is 6.92 Å². The molecule has 3 aromatic rings. The van der Waals surface area contributed by atoms with Crippen LogP contribution in [0.15, 0.2) is 89.1 Å². The number of hydrogen-bond donors (Lipinski definition) is 1. The van der Waals surface area contributed by atoms with Crippen LogP contribution in [0.25, 0.3) is 0 Å². The fourth-order valence-corrected chi connectivity index (χ4v) is 2.36. The Kier molecular flexibility index (Phi) is 6.18. The summed E-state index contributed by atoms with van der Waals surface area (Å²) in [5.41, 5.74) is 2.13. The van der Waals surface area contributed by atoms with E-state index < -0.39 is 6.10 Å². The SMILES string of the molecule is C[C@H](Oc1ccc(Cl)cc1)C(=O)Nc1ccc(N=Nc2ccccc2)cc1. The number of carbonyl (C=O) groups is 1. The number of halogens is 1. The van der Waals surface area contributed by atoms with E-state index in [0.29, 0.717) is 22.1 Å². The average Bonchev–Trinajstić information content (AvgIpc) is 2.70. The highest BCUT2D eigenvalue weighted by molar-refractivity contribution is 6.30. The van der Waals surface area contributed by atoms with Gasteiger partial charge in [0.15, 0.2) is 6.10 Å². The molecule has 1 atom stereocenters. The summed E-state index contributed by atoms with van der Waals surface area (Å²) in [4.78, 5) is 12.3. The van der Waals surface area contributed by atoms with E-state index in [9.17, 15) is 4.79 Å². The topological polar surface area (TPSA) is 63.0 Å². The summed E-state index contributed by atoms with van der Waals surface area (Å²) < 4.78 is 5.61. The van der Waals surface area contributed by atoms with Crippen molar-refractivity contribution < 1.29 is 9.53 Å². The number of nitrogens with one attached hydrogen (secondary N) is 1. The molecule has 0 aliphatic rings. The van der Waals surface area contributed by atoms with Gasteiger partial charge in [0.25, 0.3) is 5.91 Å². The summed E-state index contributed by atoms with van der Waals surface area (Å²) in [5.74, 6) is 0.335. The highest BCUT2D eigenvalue weighted by Crippen LogP contribution is 2.21. The van der Waals surface area contributed by atoms with Crippen LogP contribution >= 0.6 is 11.6 Å². The Hall–Kier alpha value is -3.18. The Labute approximate surface area is 162 Å². The van der Waals surface area contributed by atoms with Crippen LogP contribution in [0.3, 0.4) is 0 Å². The van der Waals surface area contributed by atoms with Crippen molar-refractivity contribution in [3.05, 3.63) is 83.9 Å². The lowest BCUT2D eigenvalue weighted by Crippen LogP contribution is -2.30. The first-order chi connectivity index (χ1) is 13.1. The van der Waals surface area contributed by atoms with Crippen molar-refractivity contribution >= 4 is 34.6 Å². The minimum absolute atomic E-state index is 0.247. The number of benzene rings is 3. The zero-order valence-electron chi connectivity index (χ0n) is 14.7. The summed E-state index contributed by atoms with van der Waals surface area (Å²) in [6, 6.07) is 23.5. The Morgan fingerprint density at radius 1 is 0.889 bits per heavy atom. The van der Waals surface area contributed by atoms with E-state index in [-0.39, 0.29) is 5.91 Å². The predicted octanol–water partition coefficient (Wildman–Crippen LogP) is 6.16. The average molecular weight is 380 g/mol. The molecular weight excluding hydrogens is 362 g/mol. The highest BCUT2D eigenvalue weighted by atomic mass is 35.5. The van der Waals surface area contributed by atoms with Crippen molar-refractivity contribution in [1.82, 2.24) is 0 Å². The summed E-state index contributed by atoms with van der Waals surface area (Å²) >= 11 is 5.84. The number of rotatable bonds is 6. The number of anilines is 1. The third kappa shape index (κ3) is 5.66. The molecule has 0 radical (unpaired) electrons. The van der Waals surface area contributed by atoms with Crippen molar-refractivity contribution in [2.75, 3.05) is 5.32 Å².